The number of hydrogen-bond donors (Lipinski definition) is 2. The maximum Gasteiger partial charge on any atom is 0.407 e. The molecule has 4 fully saturated rings. The van der Waals surface area contributed by atoms with Crippen LogP contribution in [0.25, 0.3) is 0 Å². The summed E-state index contributed by atoms with van der Waals surface area (Å²) in [5.74, 6) is -0.779. The van der Waals surface area contributed by atoms with Gasteiger partial charge in [0.25, 0.3) is 0 Å². The summed E-state index contributed by atoms with van der Waals surface area (Å²) >= 11 is 0. The first kappa shape index (κ1) is 16.9. The van der Waals surface area contributed by atoms with Gasteiger partial charge in [-0.2, -0.15) is 0 Å². The number of alkyl carbamates (subject to hydrolysis) is 1. The molecular formula is C15H26N2O6. The van der Waals surface area contributed by atoms with Crippen molar-refractivity contribution in [3.05, 3.63) is 0 Å². The largest absolute Gasteiger partial charge is 0.444 e. The van der Waals surface area contributed by atoms with Gasteiger partial charge in [0.05, 0.1) is 19.8 Å². The molecule has 2 bridgehead atoms. The van der Waals surface area contributed by atoms with E-state index in [0.717, 1.165) is 0 Å². The van der Waals surface area contributed by atoms with E-state index in [2.05, 4.69) is 5.32 Å². The van der Waals surface area contributed by atoms with Crippen molar-refractivity contribution in [1.29, 1.82) is 0 Å². The molecule has 132 valence electrons. The monoisotopic (exact) mass is 330 g/mol. The Morgan fingerprint density at radius 3 is 2.43 bits per heavy atom. The van der Waals surface area contributed by atoms with Gasteiger partial charge >= 0.3 is 6.09 Å². The zero-order chi connectivity index (χ0) is 17.1. The predicted molar refractivity (Wildman–Crippen MR) is 79.6 cm³/mol. The molecule has 4 aliphatic rings. The van der Waals surface area contributed by atoms with Crippen LogP contribution < -0.4 is 11.1 Å². The summed E-state index contributed by atoms with van der Waals surface area (Å²) in [6.07, 6.45) is -1.37. The molecule has 4 atom stereocenters. The Morgan fingerprint density at radius 2 is 1.87 bits per heavy atom. The third-order valence-electron chi connectivity index (χ3n) is 4.20. The quantitative estimate of drug-likeness (QED) is 0.759. The number of fused-ring (bicyclic) bond motifs is 2. The molecule has 3 N–H and O–H groups in total. The van der Waals surface area contributed by atoms with Crippen LogP contribution in [0.4, 0.5) is 4.79 Å². The summed E-state index contributed by atoms with van der Waals surface area (Å²) in [4.78, 5) is 11.9. The molecule has 0 spiro atoms. The fourth-order valence-corrected chi connectivity index (χ4v) is 3.17. The van der Waals surface area contributed by atoms with Gasteiger partial charge in [-0.3, -0.25) is 5.73 Å². The third kappa shape index (κ3) is 3.06. The molecule has 0 aromatic carbocycles. The van der Waals surface area contributed by atoms with E-state index in [0.29, 0.717) is 0 Å². The Morgan fingerprint density at radius 1 is 1.22 bits per heavy atom. The maximum atomic E-state index is 11.9. The first-order valence-corrected chi connectivity index (χ1v) is 7.84. The number of carbonyl (C=O) groups is 1. The lowest BCUT2D eigenvalue weighted by atomic mass is 9.82. The van der Waals surface area contributed by atoms with Gasteiger partial charge in [0.2, 0.25) is 0 Å². The molecule has 0 aliphatic carbocycles. The van der Waals surface area contributed by atoms with E-state index in [-0.39, 0.29) is 19.8 Å². The van der Waals surface area contributed by atoms with Crippen molar-refractivity contribution >= 4 is 6.09 Å². The molecule has 8 nitrogen and oxygen atoms in total. The van der Waals surface area contributed by atoms with Gasteiger partial charge in [0, 0.05) is 0 Å². The molecular weight excluding hydrogens is 304 g/mol. The number of rotatable bonds is 2. The Balaban J connectivity index is 1.72. The second-order valence-electron chi connectivity index (χ2n) is 7.93. The van der Waals surface area contributed by atoms with Crippen molar-refractivity contribution in [3.8, 4) is 0 Å². The maximum absolute atomic E-state index is 11.9. The van der Waals surface area contributed by atoms with Crippen LogP contribution in [-0.2, 0) is 23.7 Å². The number of ether oxygens (including phenoxy) is 5. The van der Waals surface area contributed by atoms with E-state index in [9.17, 15) is 4.79 Å². The number of nitrogens with one attached hydrogen (secondary N) is 1. The number of carbonyl (C=O) groups excluding carboxylic acids is 1. The van der Waals surface area contributed by atoms with Crippen LogP contribution in [-0.4, -0.2) is 60.8 Å². The lowest BCUT2D eigenvalue weighted by molar-refractivity contribution is -0.327. The van der Waals surface area contributed by atoms with Gasteiger partial charge in [-0.25, -0.2) is 4.79 Å². The van der Waals surface area contributed by atoms with E-state index in [1.54, 1.807) is 20.8 Å². The molecule has 0 aromatic rings. The predicted octanol–water partition coefficient (Wildman–Crippen LogP) is 0.485. The summed E-state index contributed by atoms with van der Waals surface area (Å²) in [6.45, 7) is 9.66. The summed E-state index contributed by atoms with van der Waals surface area (Å²) in [7, 11) is 0. The van der Waals surface area contributed by atoms with Crippen molar-refractivity contribution in [2.45, 2.75) is 69.5 Å². The normalized spacial score (nSPS) is 41.5. The van der Waals surface area contributed by atoms with Crippen LogP contribution in [0.3, 0.4) is 0 Å². The van der Waals surface area contributed by atoms with Gasteiger partial charge in [0.1, 0.15) is 23.4 Å². The van der Waals surface area contributed by atoms with E-state index < -0.39 is 41.0 Å². The number of nitrogens with two attached hydrogens (primary N) is 1. The first-order valence-electron chi connectivity index (χ1n) is 7.84. The van der Waals surface area contributed by atoms with Crippen LogP contribution >= 0.6 is 0 Å². The number of hydrogen-bond acceptors (Lipinski definition) is 7. The van der Waals surface area contributed by atoms with Gasteiger partial charge in [-0.1, -0.05) is 0 Å². The highest BCUT2D eigenvalue weighted by Crippen LogP contribution is 2.47. The van der Waals surface area contributed by atoms with E-state index in [1.807, 2.05) is 13.8 Å². The molecule has 8 heteroatoms. The minimum absolute atomic E-state index is 0.184. The van der Waals surface area contributed by atoms with E-state index in [4.69, 9.17) is 29.4 Å². The summed E-state index contributed by atoms with van der Waals surface area (Å²) in [5, 5.41) is 2.74. The fraction of sp³-hybridized carbons (Fsp3) is 0.933. The van der Waals surface area contributed by atoms with Crippen molar-refractivity contribution in [3.63, 3.8) is 0 Å². The molecule has 23 heavy (non-hydrogen) atoms. The minimum Gasteiger partial charge on any atom is -0.444 e. The smallest absolute Gasteiger partial charge is 0.407 e. The molecule has 0 saturated carbocycles. The molecule has 0 aromatic heterocycles. The zero-order valence-electron chi connectivity index (χ0n) is 14.3. The molecule has 4 aliphatic heterocycles. The average Bonchev–Trinajstić information content (AvgIpc) is 2.74. The SMILES string of the molecule is CC(C)(C)OC(=O)NC[C@]12COC(N)(CO1)C1OC(C)(C)OC12. The molecule has 3 unspecified atom stereocenters. The van der Waals surface area contributed by atoms with Crippen molar-refractivity contribution in [1.82, 2.24) is 5.32 Å². The fourth-order valence-electron chi connectivity index (χ4n) is 3.17. The second-order valence-corrected chi connectivity index (χ2v) is 7.93. The van der Waals surface area contributed by atoms with E-state index >= 15 is 0 Å². The van der Waals surface area contributed by atoms with Crippen LogP contribution in [0.15, 0.2) is 0 Å². The summed E-state index contributed by atoms with van der Waals surface area (Å²) < 4.78 is 28.8. The highest BCUT2D eigenvalue weighted by atomic mass is 16.8. The molecule has 1 amide bonds. The lowest BCUT2D eigenvalue weighted by Gasteiger charge is -2.55. The van der Waals surface area contributed by atoms with Crippen LogP contribution in [0.2, 0.25) is 0 Å². The van der Waals surface area contributed by atoms with Crippen molar-refractivity contribution < 1.29 is 28.5 Å². The lowest BCUT2D eigenvalue weighted by Crippen LogP contribution is -2.78. The molecule has 4 heterocycles. The Hall–Kier alpha value is -0.930. The van der Waals surface area contributed by atoms with Gasteiger partial charge in [-0.15, -0.1) is 0 Å². The topological polar surface area (TPSA) is 101 Å². The molecule has 0 radical (unpaired) electrons. The Bertz CT molecular complexity index is 493. The molecule has 4 rings (SSSR count). The number of amides is 1. The Labute approximate surface area is 135 Å². The highest BCUT2D eigenvalue weighted by Gasteiger charge is 2.68. The van der Waals surface area contributed by atoms with Crippen LogP contribution in [0, 0.1) is 0 Å². The van der Waals surface area contributed by atoms with Crippen LogP contribution in [0.5, 0.6) is 0 Å². The van der Waals surface area contributed by atoms with E-state index in [1.165, 1.54) is 0 Å². The summed E-state index contributed by atoms with van der Waals surface area (Å²) in [6, 6.07) is 0. The van der Waals surface area contributed by atoms with Crippen molar-refractivity contribution in [2.75, 3.05) is 19.8 Å². The third-order valence-corrected chi connectivity index (χ3v) is 4.20. The summed E-state index contributed by atoms with van der Waals surface area (Å²) in [5.41, 5.74) is 3.81. The Kier molecular flexibility index (Phi) is 3.70. The van der Waals surface area contributed by atoms with Gasteiger partial charge < -0.3 is 29.0 Å². The first-order chi connectivity index (χ1) is 10.4. The average molecular weight is 330 g/mol. The standard InChI is InChI=1S/C15H26N2O6/c1-12(2,3)23-11(18)17-6-14-7-20-15(16,8-19-14)10-9(14)21-13(4,5)22-10/h9-10H,6-8,16H2,1-5H3,(H,17,18)/t9?,10?,14-,15?/m1/s1. The molecule has 4 saturated heterocycles. The van der Waals surface area contributed by atoms with Crippen LogP contribution in [0.1, 0.15) is 34.6 Å². The zero-order valence-corrected chi connectivity index (χ0v) is 14.3. The minimum atomic E-state index is -1.02. The highest BCUT2D eigenvalue weighted by molar-refractivity contribution is 5.67. The second kappa shape index (κ2) is 5.03. The van der Waals surface area contributed by atoms with Crippen molar-refractivity contribution in [2.24, 2.45) is 5.73 Å². The van der Waals surface area contributed by atoms with Gasteiger partial charge in [0.15, 0.2) is 11.5 Å². The van der Waals surface area contributed by atoms with Gasteiger partial charge in [-0.05, 0) is 34.6 Å².